The molecule has 2 aromatic rings. The Morgan fingerprint density at radius 1 is 1.62 bits per heavy atom. The quantitative estimate of drug-likeness (QED) is 0.442. The molecule has 0 aromatic carbocycles. The van der Waals surface area contributed by atoms with Crippen molar-refractivity contribution in [2.75, 3.05) is 0 Å². The summed E-state index contributed by atoms with van der Waals surface area (Å²) in [5.74, 6) is 0.436. The van der Waals surface area contributed by atoms with Crippen LogP contribution < -0.4 is 0 Å². The Hall–Kier alpha value is -1.78. The molecule has 64 valence electrons. The van der Waals surface area contributed by atoms with Crippen molar-refractivity contribution in [1.82, 2.24) is 10.2 Å². The van der Waals surface area contributed by atoms with Crippen molar-refractivity contribution >= 4 is 17.2 Å². The van der Waals surface area contributed by atoms with Crippen LogP contribution in [0.5, 0.6) is 0 Å². The van der Waals surface area contributed by atoms with Crippen LogP contribution in [-0.4, -0.2) is 10.2 Å². The van der Waals surface area contributed by atoms with E-state index < -0.39 is 0 Å². The van der Waals surface area contributed by atoms with E-state index in [2.05, 4.69) is 20.2 Å². The maximum atomic E-state index is 8.17. The Bertz CT molecular complexity index is 437. The summed E-state index contributed by atoms with van der Waals surface area (Å²) in [5, 5.41) is 12.0. The molecule has 1 N–H and O–H groups in total. The molecule has 5 nitrogen and oxygen atoms in total. The molecule has 2 aromatic heterocycles. The number of aromatic amines is 1. The van der Waals surface area contributed by atoms with E-state index in [4.69, 9.17) is 5.53 Å². The van der Waals surface area contributed by atoms with Gasteiger partial charge in [0, 0.05) is 4.91 Å². The molecule has 6 heteroatoms. The number of nitrogens with one attached hydrogen (secondary N) is 1. The lowest BCUT2D eigenvalue weighted by molar-refractivity contribution is 1.09. The van der Waals surface area contributed by atoms with Crippen LogP contribution in [0.1, 0.15) is 0 Å². The summed E-state index contributed by atoms with van der Waals surface area (Å²) in [6.45, 7) is 0. The Morgan fingerprint density at radius 2 is 2.54 bits per heavy atom. The van der Waals surface area contributed by atoms with E-state index in [1.54, 1.807) is 17.4 Å². The fourth-order valence-corrected chi connectivity index (χ4v) is 1.65. The third-order valence-electron chi connectivity index (χ3n) is 1.49. The van der Waals surface area contributed by atoms with E-state index in [0.29, 0.717) is 5.82 Å². The van der Waals surface area contributed by atoms with Gasteiger partial charge in [-0.1, -0.05) is 6.07 Å². The molecule has 0 spiro atoms. The average molecular weight is 191 g/mol. The molecular weight excluding hydrogens is 186 g/mol. The summed E-state index contributed by atoms with van der Waals surface area (Å²) in [7, 11) is 0. The molecule has 13 heavy (non-hydrogen) atoms. The van der Waals surface area contributed by atoms with Crippen molar-refractivity contribution in [3.63, 3.8) is 0 Å². The minimum atomic E-state index is 0.436. The Kier molecular flexibility index (Phi) is 1.99. The monoisotopic (exact) mass is 191 g/mol. The summed E-state index contributed by atoms with van der Waals surface area (Å²) in [4.78, 5) is 3.71. The lowest BCUT2D eigenvalue weighted by Crippen LogP contribution is -1.69. The highest BCUT2D eigenvalue weighted by molar-refractivity contribution is 7.13. The second-order valence-corrected chi connectivity index (χ2v) is 3.25. The molecule has 0 saturated heterocycles. The normalized spacial score (nSPS) is 9.54. The van der Waals surface area contributed by atoms with Gasteiger partial charge in [0.05, 0.1) is 4.88 Å². The van der Waals surface area contributed by atoms with Crippen LogP contribution in [0.4, 0.5) is 5.82 Å². The van der Waals surface area contributed by atoms with E-state index >= 15 is 0 Å². The topological polar surface area (TPSA) is 77.4 Å². The molecule has 0 aliphatic carbocycles. The van der Waals surface area contributed by atoms with Crippen LogP contribution >= 0.6 is 11.3 Å². The minimum absolute atomic E-state index is 0.436. The van der Waals surface area contributed by atoms with Gasteiger partial charge in [0.2, 0.25) is 0 Å². The predicted molar refractivity (Wildman–Crippen MR) is 50.7 cm³/mol. The highest BCUT2D eigenvalue weighted by Gasteiger charge is 2.02. The van der Waals surface area contributed by atoms with Gasteiger partial charge >= 0.3 is 0 Å². The Labute approximate surface area is 77.7 Å². The van der Waals surface area contributed by atoms with Crippen molar-refractivity contribution < 1.29 is 0 Å². The largest absolute Gasteiger partial charge is 0.275 e. The van der Waals surface area contributed by atoms with Crippen molar-refractivity contribution in [3.8, 4) is 10.6 Å². The first-order chi connectivity index (χ1) is 6.40. The van der Waals surface area contributed by atoms with Gasteiger partial charge in [0.1, 0.15) is 11.5 Å². The Balaban J connectivity index is 2.38. The van der Waals surface area contributed by atoms with Crippen LogP contribution in [0.2, 0.25) is 0 Å². The number of aromatic nitrogens is 2. The van der Waals surface area contributed by atoms with Gasteiger partial charge in [0.15, 0.2) is 0 Å². The number of azide groups is 1. The predicted octanol–water partition coefficient (Wildman–Crippen LogP) is 3.08. The molecule has 0 bridgehead atoms. The Morgan fingerprint density at radius 3 is 3.23 bits per heavy atom. The first kappa shape index (κ1) is 7.85. The smallest absolute Gasteiger partial charge is 0.122 e. The summed E-state index contributed by atoms with van der Waals surface area (Å²) >= 11 is 1.59. The maximum absolute atomic E-state index is 8.17. The third kappa shape index (κ3) is 1.53. The van der Waals surface area contributed by atoms with Gasteiger partial charge in [-0.05, 0) is 28.2 Å². The molecule has 0 atom stereocenters. The number of nitrogens with zero attached hydrogens (tertiary/aromatic N) is 4. The van der Waals surface area contributed by atoms with Gasteiger partial charge in [-0.15, -0.1) is 11.3 Å². The highest BCUT2D eigenvalue weighted by Crippen LogP contribution is 2.25. The first-order valence-electron chi connectivity index (χ1n) is 3.54. The molecule has 0 amide bonds. The molecule has 2 rings (SSSR count). The van der Waals surface area contributed by atoms with E-state index in [1.807, 2.05) is 17.5 Å². The zero-order valence-corrected chi connectivity index (χ0v) is 7.32. The van der Waals surface area contributed by atoms with Crippen molar-refractivity contribution in [2.24, 2.45) is 5.11 Å². The van der Waals surface area contributed by atoms with E-state index in [-0.39, 0.29) is 0 Å². The summed E-state index contributed by atoms with van der Waals surface area (Å²) < 4.78 is 0. The molecular formula is C7H5N5S. The SMILES string of the molecule is [N-]=[N+]=Nc1cc(-c2cccs2)n[nH]1. The number of rotatable bonds is 2. The number of hydrogen-bond donors (Lipinski definition) is 1. The minimum Gasteiger partial charge on any atom is -0.275 e. The fourth-order valence-electron chi connectivity index (χ4n) is 0.961. The zero-order valence-electron chi connectivity index (χ0n) is 6.51. The van der Waals surface area contributed by atoms with Crippen molar-refractivity contribution in [2.45, 2.75) is 0 Å². The van der Waals surface area contributed by atoms with Crippen LogP contribution in [0, 0.1) is 0 Å². The standard InChI is InChI=1S/C7H5N5S/c8-12-11-7-4-5(9-10-7)6-2-1-3-13-6/h1-4H,(H,9,10). The second kappa shape index (κ2) is 3.30. The van der Waals surface area contributed by atoms with Crippen molar-refractivity contribution in [3.05, 3.63) is 34.0 Å². The van der Waals surface area contributed by atoms with Crippen LogP contribution in [0.15, 0.2) is 28.7 Å². The molecule has 2 heterocycles. The average Bonchev–Trinajstić information content (AvgIpc) is 2.70. The number of H-pyrrole nitrogens is 1. The van der Waals surface area contributed by atoms with Gasteiger partial charge in [-0.2, -0.15) is 5.10 Å². The summed E-state index contributed by atoms with van der Waals surface area (Å²) in [6, 6.07) is 5.62. The third-order valence-corrected chi connectivity index (χ3v) is 2.38. The molecule has 0 radical (unpaired) electrons. The molecule has 0 aliphatic rings. The van der Waals surface area contributed by atoms with Gasteiger partial charge in [0.25, 0.3) is 0 Å². The second-order valence-electron chi connectivity index (χ2n) is 2.31. The molecule has 0 aliphatic heterocycles. The number of hydrogen-bond acceptors (Lipinski definition) is 3. The van der Waals surface area contributed by atoms with Crippen LogP contribution in [0.25, 0.3) is 21.0 Å². The lowest BCUT2D eigenvalue weighted by Gasteiger charge is -1.83. The first-order valence-corrected chi connectivity index (χ1v) is 4.42. The van der Waals surface area contributed by atoms with Crippen LogP contribution in [0.3, 0.4) is 0 Å². The van der Waals surface area contributed by atoms with E-state index in [9.17, 15) is 0 Å². The van der Waals surface area contributed by atoms with Gasteiger partial charge in [-0.25, -0.2) is 0 Å². The van der Waals surface area contributed by atoms with Gasteiger partial charge in [-0.3, -0.25) is 5.10 Å². The van der Waals surface area contributed by atoms with E-state index in [1.165, 1.54) is 0 Å². The summed E-state index contributed by atoms with van der Waals surface area (Å²) in [5.41, 5.74) is 8.98. The molecule has 0 unspecified atom stereocenters. The zero-order chi connectivity index (χ0) is 9.10. The summed E-state index contributed by atoms with van der Waals surface area (Å²) in [6.07, 6.45) is 0. The number of thiophene rings is 1. The van der Waals surface area contributed by atoms with Gasteiger partial charge < -0.3 is 0 Å². The van der Waals surface area contributed by atoms with E-state index in [0.717, 1.165) is 10.6 Å². The fraction of sp³-hybridized carbons (Fsp3) is 0. The molecule has 0 fully saturated rings. The highest BCUT2D eigenvalue weighted by atomic mass is 32.1. The lowest BCUT2D eigenvalue weighted by atomic mass is 10.3. The van der Waals surface area contributed by atoms with Crippen molar-refractivity contribution in [1.29, 1.82) is 0 Å². The van der Waals surface area contributed by atoms with Crippen LogP contribution in [-0.2, 0) is 0 Å². The maximum Gasteiger partial charge on any atom is 0.122 e. The molecule has 0 saturated carbocycles.